The first kappa shape index (κ1) is 24.0. The Kier molecular flexibility index (Phi) is 8.45. The minimum absolute atomic E-state index is 0.0105. The number of hydrogen-bond acceptors (Lipinski definition) is 4. The molecule has 164 valence electrons. The Labute approximate surface area is 204 Å². The molecule has 0 heterocycles. The number of carbonyl (C=O) groups excluding carboxylic acids is 2. The molecule has 0 aromatic heterocycles. The molecular formula is C24H19BrCl2N2O3. The van der Waals surface area contributed by atoms with E-state index in [1.165, 1.54) is 0 Å². The highest BCUT2D eigenvalue weighted by Crippen LogP contribution is 2.27. The number of ketones is 1. The Morgan fingerprint density at radius 1 is 0.938 bits per heavy atom. The molecule has 3 aromatic rings. The van der Waals surface area contributed by atoms with Gasteiger partial charge in [0.1, 0.15) is 0 Å². The second kappa shape index (κ2) is 11.3. The van der Waals surface area contributed by atoms with Gasteiger partial charge in [-0.05, 0) is 42.3 Å². The Morgan fingerprint density at radius 3 is 2.25 bits per heavy atom. The lowest BCUT2D eigenvalue weighted by molar-refractivity contribution is -0.116. The van der Waals surface area contributed by atoms with Crippen LogP contribution in [0.4, 0.5) is 5.69 Å². The van der Waals surface area contributed by atoms with Gasteiger partial charge in [0.15, 0.2) is 5.78 Å². The van der Waals surface area contributed by atoms with E-state index >= 15 is 0 Å². The van der Waals surface area contributed by atoms with Crippen LogP contribution in [0.15, 0.2) is 82.4 Å². The lowest BCUT2D eigenvalue weighted by atomic mass is 9.85. The summed E-state index contributed by atoms with van der Waals surface area (Å²) in [5.74, 6) is -1.35. The van der Waals surface area contributed by atoms with Crippen LogP contribution < -0.4 is 5.32 Å². The van der Waals surface area contributed by atoms with E-state index in [0.29, 0.717) is 26.9 Å². The molecule has 1 amide bonds. The summed E-state index contributed by atoms with van der Waals surface area (Å²) in [7, 11) is 0. The molecule has 2 N–H and O–H groups in total. The Morgan fingerprint density at radius 2 is 1.62 bits per heavy atom. The molecule has 0 saturated carbocycles. The predicted molar refractivity (Wildman–Crippen MR) is 131 cm³/mol. The van der Waals surface area contributed by atoms with Crippen LogP contribution in [0, 0.1) is 0 Å². The average molecular weight is 534 g/mol. The van der Waals surface area contributed by atoms with Crippen LogP contribution in [-0.2, 0) is 4.79 Å². The van der Waals surface area contributed by atoms with Crippen LogP contribution >= 0.6 is 39.1 Å². The minimum atomic E-state index is -0.819. The third-order valence-electron chi connectivity index (χ3n) is 4.80. The van der Waals surface area contributed by atoms with Gasteiger partial charge in [0, 0.05) is 22.1 Å². The van der Waals surface area contributed by atoms with Gasteiger partial charge >= 0.3 is 0 Å². The van der Waals surface area contributed by atoms with Crippen LogP contribution in [-0.4, -0.2) is 22.6 Å². The number of Topliss-reactive ketones (excluding diaryl/α,β-unsaturated/α-hetero) is 1. The van der Waals surface area contributed by atoms with Gasteiger partial charge < -0.3 is 10.5 Å². The molecule has 1 unspecified atom stereocenters. The van der Waals surface area contributed by atoms with E-state index in [1.807, 2.05) is 18.2 Å². The van der Waals surface area contributed by atoms with E-state index in [9.17, 15) is 14.8 Å². The summed E-state index contributed by atoms with van der Waals surface area (Å²) in [6.45, 7) is 0. The molecule has 0 bridgehead atoms. The number of hydrogen-bond donors (Lipinski definition) is 2. The van der Waals surface area contributed by atoms with Crippen molar-refractivity contribution >= 4 is 62.2 Å². The number of anilines is 1. The van der Waals surface area contributed by atoms with Gasteiger partial charge in [-0.2, -0.15) is 0 Å². The second-order valence-corrected chi connectivity index (χ2v) is 8.71. The number of nitrogens with zero attached hydrogens (tertiary/aromatic N) is 1. The van der Waals surface area contributed by atoms with E-state index in [4.69, 9.17) is 23.2 Å². The molecule has 0 saturated heterocycles. The predicted octanol–water partition coefficient (Wildman–Crippen LogP) is 6.97. The first-order valence-electron chi connectivity index (χ1n) is 9.69. The molecule has 5 nitrogen and oxygen atoms in total. The molecular weight excluding hydrogens is 515 g/mol. The highest BCUT2D eigenvalue weighted by molar-refractivity contribution is 9.10. The first-order valence-corrected chi connectivity index (χ1v) is 11.2. The van der Waals surface area contributed by atoms with Crippen LogP contribution in [0.1, 0.15) is 34.7 Å². The first-order chi connectivity index (χ1) is 15.4. The summed E-state index contributed by atoms with van der Waals surface area (Å²) in [5.41, 5.74) is 1.85. The maximum Gasteiger partial charge on any atom is 0.224 e. The fourth-order valence-electron chi connectivity index (χ4n) is 3.21. The highest BCUT2D eigenvalue weighted by atomic mass is 79.9. The number of nitrogens with one attached hydrogen (secondary N) is 1. The molecule has 8 heteroatoms. The number of benzene rings is 3. The topological polar surface area (TPSA) is 78.8 Å². The van der Waals surface area contributed by atoms with E-state index in [-0.39, 0.29) is 30.2 Å². The summed E-state index contributed by atoms with van der Waals surface area (Å²) in [5, 5.41) is 16.6. The van der Waals surface area contributed by atoms with Gasteiger partial charge in [-0.25, -0.2) is 0 Å². The summed E-state index contributed by atoms with van der Waals surface area (Å²) in [6.07, 6.45) is 0.0993. The van der Waals surface area contributed by atoms with Gasteiger partial charge in [-0.1, -0.05) is 86.8 Å². The lowest BCUT2D eigenvalue weighted by Gasteiger charge is -2.18. The van der Waals surface area contributed by atoms with Crippen molar-refractivity contribution in [3.05, 3.63) is 98.4 Å². The molecule has 32 heavy (non-hydrogen) atoms. The molecule has 0 aliphatic heterocycles. The van der Waals surface area contributed by atoms with E-state index in [1.54, 1.807) is 54.6 Å². The Hall–Kier alpha value is -2.67. The Bertz CT molecular complexity index is 1140. The largest absolute Gasteiger partial charge is 0.411 e. The number of rotatable bonds is 8. The number of oxime groups is 1. The number of halogens is 3. The fraction of sp³-hybridized carbons (Fsp3) is 0.125. The Balaban J connectivity index is 1.78. The summed E-state index contributed by atoms with van der Waals surface area (Å²) in [4.78, 5) is 25.8. The molecule has 0 spiro atoms. The number of carbonyl (C=O) groups is 2. The molecule has 3 aromatic carbocycles. The molecule has 3 rings (SSSR count). The molecule has 1 atom stereocenters. The summed E-state index contributed by atoms with van der Waals surface area (Å²) >= 11 is 15.2. The molecule has 0 fully saturated rings. The van der Waals surface area contributed by atoms with Gasteiger partial charge in [0.2, 0.25) is 5.91 Å². The zero-order chi connectivity index (χ0) is 23.1. The molecule has 0 aliphatic rings. The minimum Gasteiger partial charge on any atom is -0.411 e. The van der Waals surface area contributed by atoms with Crippen molar-refractivity contribution < 1.29 is 14.8 Å². The second-order valence-electron chi connectivity index (χ2n) is 6.98. The fourth-order valence-corrected chi connectivity index (χ4v) is 3.77. The van der Waals surface area contributed by atoms with Gasteiger partial charge in [0.25, 0.3) is 0 Å². The normalized spacial score (nSPS) is 12.3. The molecule has 0 radical (unpaired) electrons. The third kappa shape index (κ3) is 6.19. The monoisotopic (exact) mass is 532 g/mol. The summed E-state index contributed by atoms with van der Waals surface area (Å²) in [6, 6.07) is 20.8. The average Bonchev–Trinajstić information content (AvgIpc) is 2.79. The standard InChI is InChI=1S/C24H19BrCl2N2O3/c25-17-8-6-16(7-9-17)24(31)23(15-4-2-1-3-5-15)21(29-32)12-13-22(30)28-18-10-11-19(26)20(27)14-18/h1-11,14,23,32H,12-13H2,(H,28,30)/b29-21+. The van der Waals surface area contributed by atoms with Crippen LogP contribution in [0.25, 0.3) is 0 Å². The maximum absolute atomic E-state index is 13.3. The molecule has 0 aliphatic carbocycles. The van der Waals surface area contributed by atoms with Gasteiger partial charge in [-0.15, -0.1) is 0 Å². The van der Waals surface area contributed by atoms with E-state index in [0.717, 1.165) is 4.47 Å². The quantitative estimate of drug-likeness (QED) is 0.142. The van der Waals surface area contributed by atoms with Crippen molar-refractivity contribution in [3.8, 4) is 0 Å². The van der Waals surface area contributed by atoms with Gasteiger partial charge in [-0.3, -0.25) is 9.59 Å². The number of amides is 1. The maximum atomic E-state index is 13.3. The third-order valence-corrected chi connectivity index (χ3v) is 6.06. The van der Waals surface area contributed by atoms with Gasteiger partial charge in [0.05, 0.1) is 21.7 Å². The van der Waals surface area contributed by atoms with Crippen molar-refractivity contribution in [1.29, 1.82) is 0 Å². The van der Waals surface area contributed by atoms with Crippen molar-refractivity contribution in [2.45, 2.75) is 18.8 Å². The van der Waals surface area contributed by atoms with E-state index in [2.05, 4.69) is 26.4 Å². The zero-order valence-corrected chi connectivity index (χ0v) is 19.9. The van der Waals surface area contributed by atoms with Crippen molar-refractivity contribution in [2.75, 3.05) is 5.32 Å². The van der Waals surface area contributed by atoms with Crippen molar-refractivity contribution in [2.24, 2.45) is 5.16 Å². The van der Waals surface area contributed by atoms with Crippen LogP contribution in [0.5, 0.6) is 0 Å². The zero-order valence-electron chi connectivity index (χ0n) is 16.8. The van der Waals surface area contributed by atoms with E-state index < -0.39 is 5.92 Å². The van der Waals surface area contributed by atoms with Crippen molar-refractivity contribution in [1.82, 2.24) is 0 Å². The van der Waals surface area contributed by atoms with Crippen LogP contribution in [0.3, 0.4) is 0 Å². The lowest BCUT2D eigenvalue weighted by Crippen LogP contribution is -2.24. The summed E-state index contributed by atoms with van der Waals surface area (Å²) < 4.78 is 0.848. The van der Waals surface area contributed by atoms with Crippen molar-refractivity contribution in [3.63, 3.8) is 0 Å². The SMILES string of the molecule is O=C(CC/C(=N\O)C(C(=O)c1ccc(Br)cc1)c1ccccc1)Nc1ccc(Cl)c(Cl)c1. The smallest absolute Gasteiger partial charge is 0.224 e. The van der Waals surface area contributed by atoms with Crippen LogP contribution in [0.2, 0.25) is 10.0 Å². The highest BCUT2D eigenvalue weighted by Gasteiger charge is 2.28.